The number of para-hydroxylation sites is 1. The van der Waals surface area contributed by atoms with Crippen molar-refractivity contribution < 1.29 is 14.3 Å². The lowest BCUT2D eigenvalue weighted by molar-refractivity contribution is -0.120. The average Bonchev–Trinajstić information content (AvgIpc) is 3.17. The van der Waals surface area contributed by atoms with E-state index in [0.717, 1.165) is 33.7 Å². The Morgan fingerprint density at radius 3 is 2.96 bits per heavy atom. The first-order valence-corrected chi connectivity index (χ1v) is 8.39. The molecule has 0 aliphatic carbocycles. The molecule has 0 fully saturated rings. The van der Waals surface area contributed by atoms with E-state index in [1.165, 1.54) is 11.3 Å². The van der Waals surface area contributed by atoms with Gasteiger partial charge in [0.25, 0.3) is 0 Å². The zero-order valence-electron chi connectivity index (χ0n) is 12.8. The SMILES string of the molecule is CCc1oc2ccccc2c1CC(=O)NCc1nc(CO)cs1. The number of nitrogens with zero attached hydrogens (tertiary/aromatic N) is 1. The molecule has 120 valence electrons. The Kier molecular flexibility index (Phi) is 4.73. The second kappa shape index (κ2) is 6.93. The molecule has 0 saturated carbocycles. The highest BCUT2D eigenvalue weighted by Crippen LogP contribution is 2.26. The minimum Gasteiger partial charge on any atom is -0.461 e. The molecule has 6 heteroatoms. The molecule has 2 heterocycles. The topological polar surface area (TPSA) is 75.4 Å². The predicted octanol–water partition coefficient (Wildman–Crippen LogP) is 2.80. The molecule has 23 heavy (non-hydrogen) atoms. The summed E-state index contributed by atoms with van der Waals surface area (Å²) in [6.07, 6.45) is 1.04. The molecule has 0 unspecified atom stereocenters. The highest BCUT2D eigenvalue weighted by Gasteiger charge is 2.15. The van der Waals surface area contributed by atoms with Gasteiger partial charge in [-0.15, -0.1) is 11.3 Å². The Morgan fingerprint density at radius 2 is 2.22 bits per heavy atom. The van der Waals surface area contributed by atoms with E-state index in [1.54, 1.807) is 5.38 Å². The number of rotatable bonds is 6. The lowest BCUT2D eigenvalue weighted by Crippen LogP contribution is -2.24. The maximum atomic E-state index is 12.2. The fourth-order valence-electron chi connectivity index (χ4n) is 2.53. The van der Waals surface area contributed by atoms with Gasteiger partial charge in [-0.05, 0) is 6.07 Å². The lowest BCUT2D eigenvalue weighted by Gasteiger charge is -2.04. The van der Waals surface area contributed by atoms with Crippen LogP contribution in [0.1, 0.15) is 28.9 Å². The molecule has 0 bridgehead atoms. The number of aliphatic hydroxyl groups excluding tert-OH is 1. The number of aromatic nitrogens is 1. The number of aliphatic hydroxyl groups is 1. The molecular formula is C17H18N2O3S. The molecule has 0 atom stereocenters. The third-order valence-electron chi connectivity index (χ3n) is 3.64. The van der Waals surface area contributed by atoms with Crippen LogP contribution < -0.4 is 5.32 Å². The first kappa shape index (κ1) is 15.7. The Hall–Kier alpha value is -2.18. The van der Waals surface area contributed by atoms with Gasteiger partial charge in [-0.2, -0.15) is 0 Å². The normalized spacial score (nSPS) is 11.0. The summed E-state index contributed by atoms with van der Waals surface area (Å²) in [7, 11) is 0. The number of hydrogen-bond acceptors (Lipinski definition) is 5. The molecule has 3 aromatic rings. The number of thiazole rings is 1. The van der Waals surface area contributed by atoms with E-state index in [1.807, 2.05) is 31.2 Å². The monoisotopic (exact) mass is 330 g/mol. The maximum Gasteiger partial charge on any atom is 0.224 e. The number of fused-ring (bicyclic) bond motifs is 1. The van der Waals surface area contributed by atoms with Crippen LogP contribution in [0.15, 0.2) is 34.1 Å². The van der Waals surface area contributed by atoms with Crippen LogP contribution in [-0.4, -0.2) is 16.0 Å². The molecule has 0 aliphatic heterocycles. The highest BCUT2D eigenvalue weighted by atomic mass is 32.1. The summed E-state index contributed by atoms with van der Waals surface area (Å²) in [6.45, 7) is 2.32. The number of nitrogens with one attached hydrogen (secondary N) is 1. The van der Waals surface area contributed by atoms with E-state index in [2.05, 4.69) is 10.3 Å². The van der Waals surface area contributed by atoms with Crippen LogP contribution in [0.2, 0.25) is 0 Å². The van der Waals surface area contributed by atoms with Gasteiger partial charge in [0.1, 0.15) is 16.4 Å². The van der Waals surface area contributed by atoms with Crippen LogP contribution in [0.25, 0.3) is 11.0 Å². The molecule has 2 aromatic heterocycles. The van der Waals surface area contributed by atoms with Crippen LogP contribution in [0, 0.1) is 0 Å². The first-order valence-electron chi connectivity index (χ1n) is 7.51. The van der Waals surface area contributed by atoms with Crippen molar-refractivity contribution in [3.05, 3.63) is 51.7 Å². The van der Waals surface area contributed by atoms with Crippen LogP contribution in [0.4, 0.5) is 0 Å². The van der Waals surface area contributed by atoms with Crippen LogP contribution in [-0.2, 0) is 30.8 Å². The molecule has 0 spiro atoms. The van der Waals surface area contributed by atoms with Crippen LogP contribution in [0.5, 0.6) is 0 Å². The van der Waals surface area contributed by atoms with Crippen molar-refractivity contribution >= 4 is 28.2 Å². The third kappa shape index (κ3) is 3.43. The van der Waals surface area contributed by atoms with Crippen molar-refractivity contribution in [3.63, 3.8) is 0 Å². The van der Waals surface area contributed by atoms with E-state index in [0.29, 0.717) is 18.7 Å². The van der Waals surface area contributed by atoms with Crippen LogP contribution >= 0.6 is 11.3 Å². The van der Waals surface area contributed by atoms with Gasteiger partial charge in [0.2, 0.25) is 5.91 Å². The van der Waals surface area contributed by atoms with Crippen molar-refractivity contribution in [2.24, 2.45) is 0 Å². The molecular weight excluding hydrogens is 312 g/mol. The Balaban J connectivity index is 1.70. The summed E-state index contributed by atoms with van der Waals surface area (Å²) in [5, 5.41) is 15.5. The van der Waals surface area contributed by atoms with E-state index in [4.69, 9.17) is 9.52 Å². The second-order valence-corrected chi connectivity index (χ2v) is 6.14. The number of furan rings is 1. The standard InChI is InChI=1S/C17H18N2O3S/c1-2-14-13(12-5-3-4-6-15(12)22-14)7-16(21)18-8-17-19-11(9-20)10-23-17/h3-6,10,20H,2,7-9H2,1H3,(H,18,21). The fourth-order valence-corrected chi connectivity index (χ4v) is 3.25. The zero-order valence-corrected chi connectivity index (χ0v) is 13.7. The molecule has 0 aliphatic rings. The van der Waals surface area contributed by atoms with Crippen molar-refractivity contribution in [3.8, 4) is 0 Å². The lowest BCUT2D eigenvalue weighted by atomic mass is 10.1. The van der Waals surface area contributed by atoms with E-state index < -0.39 is 0 Å². The zero-order chi connectivity index (χ0) is 16.2. The number of amides is 1. The molecule has 1 amide bonds. The fraction of sp³-hybridized carbons (Fsp3) is 0.294. The van der Waals surface area contributed by atoms with Gasteiger partial charge in [0.05, 0.1) is 25.3 Å². The van der Waals surface area contributed by atoms with Crippen molar-refractivity contribution in [2.75, 3.05) is 0 Å². The van der Waals surface area contributed by atoms with Gasteiger partial charge in [0.15, 0.2) is 0 Å². The maximum absolute atomic E-state index is 12.2. The number of benzene rings is 1. The molecule has 5 nitrogen and oxygen atoms in total. The number of carbonyl (C=O) groups is 1. The van der Waals surface area contributed by atoms with Gasteiger partial charge in [-0.25, -0.2) is 4.98 Å². The molecule has 0 saturated heterocycles. The van der Waals surface area contributed by atoms with E-state index in [9.17, 15) is 4.79 Å². The third-order valence-corrected chi connectivity index (χ3v) is 4.54. The summed E-state index contributed by atoms with van der Waals surface area (Å²) < 4.78 is 5.81. The summed E-state index contributed by atoms with van der Waals surface area (Å²) in [5.41, 5.74) is 2.41. The summed E-state index contributed by atoms with van der Waals surface area (Å²) >= 11 is 1.43. The summed E-state index contributed by atoms with van der Waals surface area (Å²) in [6, 6.07) is 7.78. The average molecular weight is 330 g/mol. The minimum absolute atomic E-state index is 0.0630. The summed E-state index contributed by atoms with van der Waals surface area (Å²) in [5.74, 6) is 0.796. The highest BCUT2D eigenvalue weighted by molar-refractivity contribution is 7.09. The largest absolute Gasteiger partial charge is 0.461 e. The second-order valence-electron chi connectivity index (χ2n) is 5.20. The molecule has 2 N–H and O–H groups in total. The Morgan fingerprint density at radius 1 is 1.39 bits per heavy atom. The van der Waals surface area contributed by atoms with Gasteiger partial charge in [-0.3, -0.25) is 4.79 Å². The van der Waals surface area contributed by atoms with Crippen molar-refractivity contribution in [2.45, 2.75) is 32.9 Å². The Bertz CT molecular complexity index is 822. The molecule has 1 aromatic carbocycles. The van der Waals surface area contributed by atoms with Crippen LogP contribution in [0.3, 0.4) is 0 Å². The molecule has 0 radical (unpaired) electrons. The number of hydrogen-bond donors (Lipinski definition) is 2. The van der Waals surface area contributed by atoms with E-state index >= 15 is 0 Å². The predicted molar refractivity (Wildman–Crippen MR) is 89.2 cm³/mol. The van der Waals surface area contributed by atoms with Gasteiger partial charge in [0, 0.05) is 22.8 Å². The minimum atomic E-state index is -0.0781. The van der Waals surface area contributed by atoms with E-state index in [-0.39, 0.29) is 12.5 Å². The number of carbonyl (C=O) groups excluding carboxylic acids is 1. The van der Waals surface area contributed by atoms with Crippen molar-refractivity contribution in [1.29, 1.82) is 0 Å². The van der Waals surface area contributed by atoms with Crippen molar-refractivity contribution in [1.82, 2.24) is 10.3 Å². The smallest absolute Gasteiger partial charge is 0.224 e. The van der Waals surface area contributed by atoms with Gasteiger partial charge < -0.3 is 14.8 Å². The van der Waals surface area contributed by atoms with Gasteiger partial charge in [-0.1, -0.05) is 25.1 Å². The quantitative estimate of drug-likeness (QED) is 0.729. The summed E-state index contributed by atoms with van der Waals surface area (Å²) in [4.78, 5) is 16.5. The van der Waals surface area contributed by atoms with Gasteiger partial charge >= 0.3 is 0 Å². The molecule has 3 rings (SSSR count). The number of aryl methyl sites for hydroxylation is 1. The first-order chi connectivity index (χ1) is 11.2. The Labute approximate surface area is 138 Å².